The van der Waals surface area contributed by atoms with Crippen molar-refractivity contribution in [2.24, 2.45) is 0 Å². The fourth-order valence-electron chi connectivity index (χ4n) is 1.80. The summed E-state index contributed by atoms with van der Waals surface area (Å²) >= 11 is 0. The molecule has 1 aromatic carbocycles. The standard InChI is InChI=1S/C14H15NO3/c1-11-7-8-13(18-11)9-15(10-14(16)17)12-5-3-2-4-6-12/h2-8H,9-10H2,1H3,(H,16,17). The van der Waals surface area contributed by atoms with Crippen molar-refractivity contribution in [1.82, 2.24) is 0 Å². The average Bonchev–Trinajstić information content (AvgIpc) is 2.75. The quantitative estimate of drug-likeness (QED) is 0.879. The van der Waals surface area contributed by atoms with Crippen molar-refractivity contribution in [2.45, 2.75) is 13.5 Å². The molecular formula is C14H15NO3. The molecule has 94 valence electrons. The van der Waals surface area contributed by atoms with Gasteiger partial charge in [0.2, 0.25) is 0 Å². The van der Waals surface area contributed by atoms with Crippen molar-refractivity contribution in [3.05, 3.63) is 54.0 Å². The fraction of sp³-hybridized carbons (Fsp3) is 0.214. The minimum atomic E-state index is -0.859. The molecule has 1 N–H and O–H groups in total. The topological polar surface area (TPSA) is 53.7 Å². The van der Waals surface area contributed by atoms with Crippen LogP contribution in [-0.4, -0.2) is 17.6 Å². The minimum Gasteiger partial charge on any atom is -0.480 e. The van der Waals surface area contributed by atoms with Crippen LogP contribution in [0.15, 0.2) is 46.9 Å². The van der Waals surface area contributed by atoms with Crippen LogP contribution in [0.5, 0.6) is 0 Å². The fourth-order valence-corrected chi connectivity index (χ4v) is 1.80. The van der Waals surface area contributed by atoms with Gasteiger partial charge in [-0.1, -0.05) is 18.2 Å². The number of para-hydroxylation sites is 1. The Kier molecular flexibility index (Phi) is 3.67. The van der Waals surface area contributed by atoms with Gasteiger partial charge in [0.15, 0.2) is 0 Å². The maximum atomic E-state index is 10.9. The van der Waals surface area contributed by atoms with Crippen LogP contribution in [0.3, 0.4) is 0 Å². The van der Waals surface area contributed by atoms with Crippen LogP contribution in [0.2, 0.25) is 0 Å². The third-order valence-corrected chi connectivity index (χ3v) is 2.59. The van der Waals surface area contributed by atoms with E-state index in [4.69, 9.17) is 9.52 Å². The van der Waals surface area contributed by atoms with Gasteiger partial charge in [0.1, 0.15) is 18.1 Å². The Morgan fingerprint density at radius 3 is 2.50 bits per heavy atom. The largest absolute Gasteiger partial charge is 0.480 e. The lowest BCUT2D eigenvalue weighted by atomic mass is 10.2. The molecule has 0 spiro atoms. The minimum absolute atomic E-state index is 0.0518. The molecule has 2 aromatic rings. The number of benzene rings is 1. The van der Waals surface area contributed by atoms with Gasteiger partial charge >= 0.3 is 5.97 Å². The molecule has 1 heterocycles. The zero-order chi connectivity index (χ0) is 13.0. The molecule has 0 radical (unpaired) electrons. The summed E-state index contributed by atoms with van der Waals surface area (Å²) in [4.78, 5) is 12.7. The van der Waals surface area contributed by atoms with E-state index in [-0.39, 0.29) is 6.54 Å². The number of furan rings is 1. The van der Waals surface area contributed by atoms with E-state index in [1.54, 1.807) is 4.90 Å². The Labute approximate surface area is 105 Å². The summed E-state index contributed by atoms with van der Waals surface area (Å²) in [6, 6.07) is 13.2. The number of aryl methyl sites for hydroxylation is 1. The molecule has 1 aromatic heterocycles. The first kappa shape index (κ1) is 12.2. The van der Waals surface area contributed by atoms with Gasteiger partial charge in [-0.15, -0.1) is 0 Å². The highest BCUT2D eigenvalue weighted by Crippen LogP contribution is 2.17. The monoisotopic (exact) mass is 245 g/mol. The second kappa shape index (κ2) is 5.40. The zero-order valence-electron chi connectivity index (χ0n) is 10.2. The number of nitrogens with zero attached hydrogens (tertiary/aromatic N) is 1. The lowest BCUT2D eigenvalue weighted by Gasteiger charge is -2.21. The summed E-state index contributed by atoms with van der Waals surface area (Å²) in [5.74, 6) is 0.730. The Hall–Kier alpha value is -2.23. The van der Waals surface area contributed by atoms with E-state index < -0.39 is 5.97 Å². The van der Waals surface area contributed by atoms with Crippen molar-refractivity contribution < 1.29 is 14.3 Å². The molecule has 0 saturated heterocycles. The van der Waals surface area contributed by atoms with Crippen molar-refractivity contribution in [1.29, 1.82) is 0 Å². The molecule has 0 aliphatic rings. The Balaban J connectivity index is 2.18. The molecule has 4 nitrogen and oxygen atoms in total. The summed E-state index contributed by atoms with van der Waals surface area (Å²) in [5.41, 5.74) is 0.869. The van der Waals surface area contributed by atoms with Gasteiger partial charge in [-0.25, -0.2) is 0 Å². The van der Waals surface area contributed by atoms with Gasteiger partial charge < -0.3 is 14.4 Å². The van der Waals surface area contributed by atoms with Gasteiger partial charge in [-0.2, -0.15) is 0 Å². The maximum absolute atomic E-state index is 10.9. The van der Waals surface area contributed by atoms with Gasteiger partial charge in [0.25, 0.3) is 0 Å². The highest BCUT2D eigenvalue weighted by Gasteiger charge is 2.12. The third-order valence-electron chi connectivity index (χ3n) is 2.59. The number of aliphatic carboxylic acids is 1. The van der Waals surface area contributed by atoms with Crippen LogP contribution in [0.25, 0.3) is 0 Å². The lowest BCUT2D eigenvalue weighted by molar-refractivity contribution is -0.135. The molecule has 2 rings (SSSR count). The number of carboxylic acids is 1. The molecule has 0 aliphatic carbocycles. The third kappa shape index (κ3) is 3.13. The van der Waals surface area contributed by atoms with Gasteiger partial charge in [0, 0.05) is 5.69 Å². The van der Waals surface area contributed by atoms with Crippen molar-refractivity contribution in [3.8, 4) is 0 Å². The van der Waals surface area contributed by atoms with E-state index in [0.29, 0.717) is 6.54 Å². The van der Waals surface area contributed by atoms with E-state index in [9.17, 15) is 4.79 Å². The number of carboxylic acid groups (broad SMARTS) is 1. The van der Waals surface area contributed by atoms with Crippen LogP contribution in [-0.2, 0) is 11.3 Å². The normalized spacial score (nSPS) is 10.3. The number of rotatable bonds is 5. The van der Waals surface area contributed by atoms with Gasteiger partial charge in [-0.05, 0) is 31.2 Å². The second-order valence-corrected chi connectivity index (χ2v) is 4.10. The van der Waals surface area contributed by atoms with E-state index in [2.05, 4.69) is 0 Å². The Morgan fingerprint density at radius 1 is 1.22 bits per heavy atom. The van der Waals surface area contributed by atoms with E-state index in [1.807, 2.05) is 49.4 Å². The molecule has 4 heteroatoms. The van der Waals surface area contributed by atoms with Crippen LogP contribution in [0, 0.1) is 6.92 Å². The van der Waals surface area contributed by atoms with Crippen LogP contribution in [0.4, 0.5) is 5.69 Å². The molecule has 0 aliphatic heterocycles. The Bertz CT molecular complexity index is 519. The van der Waals surface area contributed by atoms with Crippen molar-refractivity contribution in [3.63, 3.8) is 0 Å². The summed E-state index contributed by atoms with van der Waals surface area (Å²) < 4.78 is 5.48. The first-order valence-electron chi connectivity index (χ1n) is 5.72. The SMILES string of the molecule is Cc1ccc(CN(CC(=O)O)c2ccccc2)o1. The van der Waals surface area contributed by atoms with E-state index in [1.165, 1.54) is 0 Å². The first-order valence-corrected chi connectivity index (χ1v) is 5.72. The summed E-state index contributed by atoms with van der Waals surface area (Å²) in [7, 11) is 0. The van der Waals surface area contributed by atoms with E-state index in [0.717, 1.165) is 17.2 Å². The number of hydrogen-bond donors (Lipinski definition) is 1. The lowest BCUT2D eigenvalue weighted by Crippen LogP contribution is -2.28. The number of carbonyl (C=O) groups is 1. The molecule has 0 saturated carbocycles. The Morgan fingerprint density at radius 2 is 1.94 bits per heavy atom. The van der Waals surface area contributed by atoms with Crippen LogP contribution < -0.4 is 4.90 Å². The molecule has 0 atom stereocenters. The predicted molar refractivity (Wildman–Crippen MR) is 68.6 cm³/mol. The summed E-state index contributed by atoms with van der Waals surface area (Å²) in [6.07, 6.45) is 0. The molecule has 0 amide bonds. The smallest absolute Gasteiger partial charge is 0.323 e. The zero-order valence-corrected chi connectivity index (χ0v) is 10.2. The van der Waals surface area contributed by atoms with Crippen LogP contribution in [0.1, 0.15) is 11.5 Å². The summed E-state index contributed by atoms with van der Waals surface area (Å²) in [6.45, 7) is 2.27. The predicted octanol–water partition coefficient (Wildman–Crippen LogP) is 2.68. The second-order valence-electron chi connectivity index (χ2n) is 4.10. The van der Waals surface area contributed by atoms with Crippen molar-refractivity contribution >= 4 is 11.7 Å². The van der Waals surface area contributed by atoms with Crippen molar-refractivity contribution in [2.75, 3.05) is 11.4 Å². The molecule has 18 heavy (non-hydrogen) atoms. The molecular weight excluding hydrogens is 230 g/mol. The average molecular weight is 245 g/mol. The first-order chi connectivity index (χ1) is 8.65. The van der Waals surface area contributed by atoms with Crippen LogP contribution >= 0.6 is 0 Å². The van der Waals surface area contributed by atoms with E-state index >= 15 is 0 Å². The highest BCUT2D eigenvalue weighted by atomic mass is 16.4. The van der Waals surface area contributed by atoms with Gasteiger partial charge in [-0.3, -0.25) is 4.79 Å². The number of hydrogen-bond acceptors (Lipinski definition) is 3. The maximum Gasteiger partial charge on any atom is 0.323 e. The van der Waals surface area contributed by atoms with Gasteiger partial charge in [0.05, 0.1) is 6.54 Å². The highest BCUT2D eigenvalue weighted by molar-refractivity contribution is 5.73. The molecule has 0 fully saturated rings. The molecule has 0 unspecified atom stereocenters. The summed E-state index contributed by atoms with van der Waals surface area (Å²) in [5, 5.41) is 8.96. The molecule has 0 bridgehead atoms. The number of anilines is 1.